The fourth-order valence-corrected chi connectivity index (χ4v) is 5.09. The zero-order valence-corrected chi connectivity index (χ0v) is 19.5. The quantitative estimate of drug-likeness (QED) is 0.340. The molecular weight excluding hydrogens is 434 g/mol. The normalized spacial score (nSPS) is 18.1. The van der Waals surface area contributed by atoms with Crippen molar-refractivity contribution < 1.29 is 4.42 Å². The van der Waals surface area contributed by atoms with Gasteiger partial charge >= 0.3 is 0 Å². The van der Waals surface area contributed by atoms with Crippen molar-refractivity contribution in [2.45, 2.75) is 35.9 Å². The number of aromatic nitrogens is 1. The highest BCUT2D eigenvalue weighted by atomic mass is 32.2. The highest BCUT2D eigenvalue weighted by Gasteiger charge is 2.42. The molecule has 1 fully saturated rings. The Morgan fingerprint density at radius 1 is 0.938 bits per heavy atom. The Morgan fingerprint density at radius 3 is 2.53 bits per heavy atom. The predicted molar refractivity (Wildman–Crippen MR) is 133 cm³/mol. The maximum Gasteiger partial charge on any atom is 0.174 e. The summed E-state index contributed by atoms with van der Waals surface area (Å²) in [4.78, 5) is 7.89. The van der Waals surface area contributed by atoms with Crippen molar-refractivity contribution >= 4 is 34.8 Å². The lowest BCUT2D eigenvalue weighted by Crippen LogP contribution is -2.29. The van der Waals surface area contributed by atoms with Gasteiger partial charge in [-0.25, -0.2) is 0 Å². The van der Waals surface area contributed by atoms with E-state index in [2.05, 4.69) is 83.6 Å². The molecule has 4 nitrogen and oxygen atoms in total. The van der Waals surface area contributed by atoms with E-state index < -0.39 is 0 Å². The van der Waals surface area contributed by atoms with Crippen molar-refractivity contribution in [1.29, 1.82) is 0 Å². The van der Waals surface area contributed by atoms with Crippen molar-refractivity contribution in [3.05, 3.63) is 108 Å². The Hall–Kier alpha value is -3.09. The average molecular weight is 458 g/mol. The Kier molecular flexibility index (Phi) is 5.72. The van der Waals surface area contributed by atoms with Gasteiger partial charge in [0, 0.05) is 16.8 Å². The van der Waals surface area contributed by atoms with Crippen LogP contribution in [0, 0.1) is 13.8 Å². The molecule has 3 heterocycles. The van der Waals surface area contributed by atoms with Gasteiger partial charge in [0.1, 0.15) is 11.8 Å². The van der Waals surface area contributed by atoms with E-state index in [0.29, 0.717) is 5.11 Å². The minimum Gasteiger partial charge on any atom is -0.452 e. The van der Waals surface area contributed by atoms with E-state index in [-0.39, 0.29) is 12.1 Å². The van der Waals surface area contributed by atoms with Crippen LogP contribution in [0.5, 0.6) is 0 Å². The van der Waals surface area contributed by atoms with Gasteiger partial charge in [-0.2, -0.15) is 0 Å². The van der Waals surface area contributed by atoms with Gasteiger partial charge in [-0.3, -0.25) is 4.98 Å². The molecule has 0 amide bonds. The van der Waals surface area contributed by atoms with Gasteiger partial charge < -0.3 is 14.6 Å². The number of nitrogens with one attached hydrogen (secondary N) is 1. The summed E-state index contributed by atoms with van der Waals surface area (Å²) in [6, 6.07) is 26.6. The molecule has 0 saturated carbocycles. The van der Waals surface area contributed by atoms with E-state index in [1.54, 1.807) is 11.8 Å². The number of rotatable bonds is 5. The van der Waals surface area contributed by atoms with Crippen LogP contribution in [0.4, 0.5) is 5.69 Å². The van der Waals surface area contributed by atoms with Crippen molar-refractivity contribution in [2.24, 2.45) is 0 Å². The monoisotopic (exact) mass is 457 g/mol. The van der Waals surface area contributed by atoms with Crippen molar-refractivity contribution in [2.75, 3.05) is 4.90 Å². The molecule has 0 unspecified atom stereocenters. The summed E-state index contributed by atoms with van der Waals surface area (Å²) in [5, 5.41) is 5.00. The second kappa shape index (κ2) is 8.81. The minimum absolute atomic E-state index is 0.118. The smallest absolute Gasteiger partial charge is 0.174 e. The van der Waals surface area contributed by atoms with Crippen LogP contribution in [-0.4, -0.2) is 10.1 Å². The molecule has 6 heteroatoms. The third-order valence-electron chi connectivity index (χ3n) is 5.51. The van der Waals surface area contributed by atoms with Crippen LogP contribution < -0.4 is 10.2 Å². The van der Waals surface area contributed by atoms with E-state index in [9.17, 15) is 0 Å². The molecule has 1 saturated heterocycles. The number of furan rings is 1. The second-order valence-electron chi connectivity index (χ2n) is 7.91. The summed E-state index contributed by atoms with van der Waals surface area (Å²) in [6.07, 6.45) is 1.81. The topological polar surface area (TPSA) is 41.3 Å². The summed E-state index contributed by atoms with van der Waals surface area (Å²) in [6.45, 7) is 4.18. The largest absolute Gasteiger partial charge is 0.452 e. The zero-order chi connectivity index (χ0) is 22.1. The SMILES string of the molecule is Cc1ccc(Sc2ccc([C@H]3[C@H](c4ccccn4)NC(=S)N3c3cccc(C)c3)o2)cc1. The van der Waals surface area contributed by atoms with Crippen molar-refractivity contribution in [3.63, 3.8) is 0 Å². The fraction of sp³-hybridized carbons (Fsp3) is 0.154. The number of hydrogen-bond acceptors (Lipinski definition) is 4. The number of anilines is 1. The lowest BCUT2D eigenvalue weighted by Gasteiger charge is -2.26. The highest BCUT2D eigenvalue weighted by molar-refractivity contribution is 7.99. The Bertz CT molecular complexity index is 1240. The van der Waals surface area contributed by atoms with Gasteiger partial charge in [-0.05, 0) is 80.2 Å². The number of pyridine rings is 1. The first kappa shape index (κ1) is 20.8. The fourth-order valence-electron chi connectivity index (χ4n) is 3.97. The number of benzene rings is 2. The van der Waals surface area contributed by atoms with Gasteiger partial charge in [-0.1, -0.05) is 47.7 Å². The molecule has 160 valence electrons. The molecule has 5 rings (SSSR count). The molecule has 0 aliphatic carbocycles. The molecule has 2 aromatic carbocycles. The third kappa shape index (κ3) is 4.16. The standard InChI is InChI=1S/C26H23N3OS2/c1-17-9-11-20(12-10-17)32-23-14-13-22(30-23)25-24(21-8-3-4-15-27-21)28-26(31)29(25)19-7-5-6-18(2)16-19/h3-16,24-25H,1-2H3,(H,28,31)/t24-,25-/m0/s1. The Labute approximate surface area is 197 Å². The van der Waals surface area contributed by atoms with Crippen LogP contribution in [0.3, 0.4) is 0 Å². The first-order valence-electron chi connectivity index (χ1n) is 10.5. The molecular formula is C26H23N3OS2. The third-order valence-corrected chi connectivity index (χ3v) is 6.75. The summed E-state index contributed by atoms with van der Waals surface area (Å²) in [5.41, 5.74) is 4.39. The lowest BCUT2D eigenvalue weighted by atomic mass is 10.0. The second-order valence-corrected chi connectivity index (χ2v) is 9.37. The molecule has 2 atom stereocenters. The average Bonchev–Trinajstić information content (AvgIpc) is 3.40. The van der Waals surface area contributed by atoms with E-state index in [0.717, 1.165) is 27.1 Å². The van der Waals surface area contributed by atoms with Crippen LogP contribution in [0.15, 0.2) is 99.5 Å². The van der Waals surface area contributed by atoms with Crippen LogP contribution in [0.2, 0.25) is 0 Å². The maximum absolute atomic E-state index is 6.38. The molecule has 4 aromatic rings. The lowest BCUT2D eigenvalue weighted by molar-refractivity contribution is 0.383. The maximum atomic E-state index is 6.38. The van der Waals surface area contributed by atoms with Gasteiger partial charge in [0.05, 0.1) is 11.7 Å². The number of thiocarbonyl (C=S) groups is 1. The predicted octanol–water partition coefficient (Wildman–Crippen LogP) is 6.62. The summed E-state index contributed by atoms with van der Waals surface area (Å²) in [5.74, 6) is 0.851. The van der Waals surface area contributed by atoms with E-state index >= 15 is 0 Å². The first-order chi connectivity index (χ1) is 15.6. The van der Waals surface area contributed by atoms with E-state index in [1.165, 1.54) is 11.1 Å². The van der Waals surface area contributed by atoms with Crippen molar-refractivity contribution in [1.82, 2.24) is 10.3 Å². The Morgan fingerprint density at radius 2 is 1.78 bits per heavy atom. The van der Waals surface area contributed by atoms with Gasteiger partial charge in [0.25, 0.3) is 0 Å². The highest BCUT2D eigenvalue weighted by Crippen LogP contribution is 2.43. The van der Waals surface area contributed by atoms with E-state index in [4.69, 9.17) is 16.6 Å². The molecule has 1 aliphatic heterocycles. The molecule has 1 aliphatic rings. The van der Waals surface area contributed by atoms with Crippen LogP contribution in [0.1, 0.15) is 34.7 Å². The van der Waals surface area contributed by atoms with E-state index in [1.807, 2.05) is 30.5 Å². The molecule has 0 radical (unpaired) electrons. The summed E-state index contributed by atoms with van der Waals surface area (Å²) in [7, 11) is 0. The summed E-state index contributed by atoms with van der Waals surface area (Å²) >= 11 is 7.40. The first-order valence-corrected chi connectivity index (χ1v) is 11.7. The van der Waals surface area contributed by atoms with Crippen LogP contribution >= 0.6 is 24.0 Å². The zero-order valence-electron chi connectivity index (χ0n) is 17.9. The number of nitrogens with zero attached hydrogens (tertiary/aromatic N) is 2. The number of aryl methyl sites for hydroxylation is 2. The van der Waals surface area contributed by atoms with Crippen LogP contribution in [0.25, 0.3) is 0 Å². The molecule has 1 N–H and O–H groups in total. The number of hydrogen-bond donors (Lipinski definition) is 1. The van der Waals surface area contributed by atoms with Gasteiger partial charge in [0.2, 0.25) is 0 Å². The molecule has 2 aromatic heterocycles. The Balaban J connectivity index is 1.53. The van der Waals surface area contributed by atoms with Crippen molar-refractivity contribution in [3.8, 4) is 0 Å². The van der Waals surface area contributed by atoms with Gasteiger partial charge in [0.15, 0.2) is 10.2 Å². The molecule has 32 heavy (non-hydrogen) atoms. The molecule has 0 bridgehead atoms. The molecule has 0 spiro atoms. The van der Waals surface area contributed by atoms with Crippen LogP contribution in [-0.2, 0) is 0 Å². The minimum atomic E-state index is -0.147. The summed E-state index contributed by atoms with van der Waals surface area (Å²) < 4.78 is 6.38. The van der Waals surface area contributed by atoms with Gasteiger partial charge in [-0.15, -0.1) is 0 Å².